The van der Waals surface area contributed by atoms with Crippen LogP contribution in [0.25, 0.3) is 5.57 Å². The second-order valence-electron chi connectivity index (χ2n) is 7.47. The van der Waals surface area contributed by atoms with E-state index in [0.29, 0.717) is 25.2 Å². The van der Waals surface area contributed by atoms with Gasteiger partial charge in [0.2, 0.25) is 0 Å². The first kappa shape index (κ1) is 24.3. The molecule has 0 saturated carbocycles. The largest absolute Gasteiger partial charge is 0.494 e. The van der Waals surface area contributed by atoms with Gasteiger partial charge in [-0.15, -0.1) is 0 Å². The van der Waals surface area contributed by atoms with Gasteiger partial charge in [-0.1, -0.05) is 48.6 Å². The van der Waals surface area contributed by atoms with E-state index in [9.17, 15) is 9.18 Å². The number of ether oxygens (including phenoxy) is 4. The van der Waals surface area contributed by atoms with Gasteiger partial charge in [-0.05, 0) is 47.4 Å². The molecule has 0 bridgehead atoms. The standard InChI is InChI=1S/C27H29FO5/c1-30-26(27(29)31-2)19-20-12-15-25(24(28)18-20)33-17-7-16-32-23-11-6-10-22(13-14-23)21-8-4-3-5-9-21/h3-5,8-15,18,26H,6-7,16-17,19H2,1-2H3. The lowest BCUT2D eigenvalue weighted by atomic mass is 10.1. The van der Waals surface area contributed by atoms with Crippen LogP contribution in [0.2, 0.25) is 0 Å². The quantitative estimate of drug-likeness (QED) is 0.343. The summed E-state index contributed by atoms with van der Waals surface area (Å²) < 4.78 is 35.5. The molecule has 3 rings (SSSR count). The van der Waals surface area contributed by atoms with Crippen LogP contribution in [0.15, 0.2) is 78.6 Å². The Hall–Kier alpha value is -3.38. The highest BCUT2D eigenvalue weighted by Gasteiger charge is 2.19. The molecule has 5 nitrogen and oxygen atoms in total. The van der Waals surface area contributed by atoms with E-state index in [0.717, 1.165) is 17.8 Å². The zero-order valence-corrected chi connectivity index (χ0v) is 19.0. The Bertz CT molecular complexity index is 1010. The van der Waals surface area contributed by atoms with Gasteiger partial charge in [-0.3, -0.25) is 0 Å². The van der Waals surface area contributed by atoms with Crippen molar-refractivity contribution in [3.8, 4) is 5.75 Å². The molecule has 0 aliphatic heterocycles. The van der Waals surface area contributed by atoms with Gasteiger partial charge in [0.15, 0.2) is 17.7 Å². The van der Waals surface area contributed by atoms with E-state index in [1.807, 2.05) is 30.4 Å². The van der Waals surface area contributed by atoms with Crippen LogP contribution in [0.4, 0.5) is 4.39 Å². The monoisotopic (exact) mass is 452 g/mol. The summed E-state index contributed by atoms with van der Waals surface area (Å²) in [5, 5.41) is 0. The molecule has 1 unspecified atom stereocenters. The summed E-state index contributed by atoms with van der Waals surface area (Å²) >= 11 is 0. The third kappa shape index (κ3) is 7.32. The number of hydrogen-bond donors (Lipinski definition) is 0. The molecule has 33 heavy (non-hydrogen) atoms. The van der Waals surface area contributed by atoms with Crippen molar-refractivity contribution < 1.29 is 28.1 Å². The van der Waals surface area contributed by atoms with Gasteiger partial charge in [-0.25, -0.2) is 9.18 Å². The van der Waals surface area contributed by atoms with Crippen LogP contribution in [0.1, 0.15) is 24.0 Å². The van der Waals surface area contributed by atoms with Crippen LogP contribution in [-0.4, -0.2) is 39.5 Å². The third-order valence-electron chi connectivity index (χ3n) is 5.17. The molecular formula is C27H29FO5. The second-order valence-corrected chi connectivity index (χ2v) is 7.47. The Labute approximate surface area is 194 Å². The van der Waals surface area contributed by atoms with Crippen molar-refractivity contribution in [3.63, 3.8) is 0 Å². The highest BCUT2D eigenvalue weighted by atomic mass is 19.1. The Morgan fingerprint density at radius 2 is 1.79 bits per heavy atom. The van der Waals surface area contributed by atoms with E-state index < -0.39 is 17.9 Å². The van der Waals surface area contributed by atoms with Gasteiger partial charge < -0.3 is 18.9 Å². The maximum atomic E-state index is 14.4. The smallest absolute Gasteiger partial charge is 0.335 e. The molecular weight excluding hydrogens is 423 g/mol. The molecule has 0 saturated heterocycles. The molecule has 0 N–H and O–H groups in total. The van der Waals surface area contributed by atoms with Gasteiger partial charge in [0.05, 0.1) is 20.3 Å². The van der Waals surface area contributed by atoms with Crippen LogP contribution < -0.4 is 4.74 Å². The highest BCUT2D eigenvalue weighted by molar-refractivity contribution is 5.75. The fourth-order valence-electron chi connectivity index (χ4n) is 3.39. The van der Waals surface area contributed by atoms with Crippen molar-refractivity contribution >= 4 is 11.5 Å². The Morgan fingerprint density at radius 3 is 2.52 bits per heavy atom. The van der Waals surface area contributed by atoms with Crippen LogP contribution in [0, 0.1) is 5.82 Å². The molecule has 1 aliphatic rings. The molecule has 1 atom stereocenters. The summed E-state index contributed by atoms with van der Waals surface area (Å²) in [6.45, 7) is 0.787. The predicted octanol–water partition coefficient (Wildman–Crippen LogP) is 5.27. The Balaban J connectivity index is 1.41. The van der Waals surface area contributed by atoms with Gasteiger partial charge in [0.1, 0.15) is 5.76 Å². The molecule has 0 fully saturated rings. The van der Waals surface area contributed by atoms with E-state index in [2.05, 4.69) is 29.0 Å². The lowest BCUT2D eigenvalue weighted by molar-refractivity contribution is -0.152. The first-order chi connectivity index (χ1) is 16.1. The summed E-state index contributed by atoms with van der Waals surface area (Å²) in [5.74, 6) is -0.00641. The van der Waals surface area contributed by atoms with Crippen LogP contribution in [0.5, 0.6) is 5.75 Å². The second kappa shape index (κ2) is 12.6. The predicted molar refractivity (Wildman–Crippen MR) is 125 cm³/mol. The Morgan fingerprint density at radius 1 is 1.00 bits per heavy atom. The fourth-order valence-corrected chi connectivity index (χ4v) is 3.39. The van der Waals surface area contributed by atoms with Crippen molar-refractivity contribution in [2.24, 2.45) is 0 Å². The van der Waals surface area contributed by atoms with E-state index in [4.69, 9.17) is 14.2 Å². The van der Waals surface area contributed by atoms with Crippen molar-refractivity contribution in [2.75, 3.05) is 27.4 Å². The minimum Gasteiger partial charge on any atom is -0.494 e. The van der Waals surface area contributed by atoms with Crippen molar-refractivity contribution in [3.05, 3.63) is 95.5 Å². The lowest BCUT2D eigenvalue weighted by Crippen LogP contribution is -2.26. The molecule has 1 aliphatic carbocycles. The molecule has 0 aromatic heterocycles. The number of allylic oxidation sites excluding steroid dienone is 5. The van der Waals surface area contributed by atoms with Gasteiger partial charge in [-0.2, -0.15) is 0 Å². The molecule has 0 radical (unpaired) electrons. The van der Waals surface area contributed by atoms with E-state index in [-0.39, 0.29) is 12.2 Å². The van der Waals surface area contributed by atoms with Gasteiger partial charge in [0, 0.05) is 20.0 Å². The SMILES string of the molecule is COC(=O)C(Cc1ccc(OCCCOC2=CCC=C(c3ccccc3)C=C2)c(F)c1)OC. The van der Waals surface area contributed by atoms with E-state index in [1.54, 1.807) is 12.1 Å². The number of hydrogen-bond acceptors (Lipinski definition) is 5. The molecule has 2 aromatic carbocycles. The normalized spacial score (nSPS) is 14.0. The van der Waals surface area contributed by atoms with Crippen LogP contribution >= 0.6 is 0 Å². The lowest BCUT2D eigenvalue weighted by Gasteiger charge is -2.14. The first-order valence-electron chi connectivity index (χ1n) is 10.9. The maximum Gasteiger partial charge on any atom is 0.335 e. The zero-order valence-electron chi connectivity index (χ0n) is 19.0. The molecule has 0 amide bonds. The molecule has 0 heterocycles. The first-order valence-corrected chi connectivity index (χ1v) is 10.9. The zero-order chi connectivity index (χ0) is 23.5. The number of rotatable bonds is 11. The van der Waals surface area contributed by atoms with E-state index in [1.165, 1.54) is 25.8 Å². The summed E-state index contributed by atoms with van der Waals surface area (Å²) in [6.07, 6.45) is 9.07. The minimum atomic E-state index is -0.773. The van der Waals surface area contributed by atoms with Gasteiger partial charge >= 0.3 is 5.97 Å². The maximum absolute atomic E-state index is 14.4. The molecule has 6 heteroatoms. The number of carbonyl (C=O) groups is 1. The fraction of sp³-hybridized carbons (Fsp3) is 0.296. The van der Waals surface area contributed by atoms with Crippen molar-refractivity contribution in [1.82, 2.24) is 0 Å². The average molecular weight is 453 g/mol. The summed E-state index contributed by atoms with van der Waals surface area (Å²) in [5.41, 5.74) is 2.96. The number of esters is 1. The number of carbonyl (C=O) groups excluding carboxylic acids is 1. The molecule has 174 valence electrons. The third-order valence-corrected chi connectivity index (χ3v) is 5.17. The van der Waals surface area contributed by atoms with Crippen LogP contribution in [0.3, 0.4) is 0 Å². The average Bonchev–Trinajstić information content (AvgIpc) is 3.09. The van der Waals surface area contributed by atoms with E-state index >= 15 is 0 Å². The number of benzene rings is 2. The topological polar surface area (TPSA) is 54.0 Å². The molecule has 2 aromatic rings. The summed E-state index contributed by atoms with van der Waals surface area (Å²) in [6, 6.07) is 14.8. The number of methoxy groups -OCH3 is 2. The minimum absolute atomic E-state index is 0.163. The van der Waals surface area contributed by atoms with Crippen LogP contribution in [-0.2, 0) is 25.4 Å². The highest BCUT2D eigenvalue weighted by Crippen LogP contribution is 2.22. The van der Waals surface area contributed by atoms with Crippen molar-refractivity contribution in [1.29, 1.82) is 0 Å². The van der Waals surface area contributed by atoms with Gasteiger partial charge in [0.25, 0.3) is 0 Å². The summed E-state index contributed by atoms with van der Waals surface area (Å²) in [4.78, 5) is 11.6. The Kier molecular flexibility index (Phi) is 9.27. The summed E-state index contributed by atoms with van der Waals surface area (Å²) in [7, 11) is 2.70. The van der Waals surface area contributed by atoms with Crippen molar-refractivity contribution in [2.45, 2.75) is 25.4 Å². The number of halogens is 1. The molecule has 0 spiro atoms.